The molecule has 2 aliphatic heterocycles. The zero-order valence-electron chi connectivity index (χ0n) is 12.7. The summed E-state index contributed by atoms with van der Waals surface area (Å²) in [4.78, 5) is 22.5. The number of fused-ring (bicyclic) bond motifs is 1. The normalized spacial score (nSPS) is 26.9. The second-order valence-electron chi connectivity index (χ2n) is 6.43. The quantitative estimate of drug-likeness (QED) is 0.906. The minimum Gasteiger partial charge on any atom is -0.340 e. The minimum atomic E-state index is -3.04. The molecule has 2 aromatic rings. The number of nitrogens with zero attached hydrogens (tertiary/aromatic N) is 2. The van der Waals surface area contributed by atoms with Crippen LogP contribution in [0.5, 0.6) is 0 Å². The van der Waals surface area contributed by atoms with Crippen LogP contribution in [0.3, 0.4) is 0 Å². The molecule has 2 saturated heterocycles. The number of carbonyl (C=O) groups is 1. The summed E-state index contributed by atoms with van der Waals surface area (Å²) in [5.74, 6) is 0.513. The van der Waals surface area contributed by atoms with Crippen molar-refractivity contribution < 1.29 is 13.2 Å². The van der Waals surface area contributed by atoms with E-state index in [1.165, 1.54) is 0 Å². The van der Waals surface area contributed by atoms with Gasteiger partial charge >= 0.3 is 0 Å². The number of hydrogen-bond acceptors (Lipinski definition) is 4. The number of amides is 1. The minimum absolute atomic E-state index is 0.00478. The summed E-state index contributed by atoms with van der Waals surface area (Å²) in [6.07, 6.45) is 2.24. The van der Waals surface area contributed by atoms with E-state index in [9.17, 15) is 13.2 Å². The topological polar surface area (TPSA) is 83.1 Å². The molecule has 1 aromatic heterocycles. The monoisotopic (exact) mass is 333 g/mol. The summed E-state index contributed by atoms with van der Waals surface area (Å²) in [6, 6.07) is 7.73. The summed E-state index contributed by atoms with van der Waals surface area (Å²) in [7, 11) is -3.04. The Morgan fingerprint density at radius 1 is 1.26 bits per heavy atom. The highest BCUT2D eigenvalue weighted by Crippen LogP contribution is 2.34. The molecule has 0 saturated carbocycles. The molecule has 4 rings (SSSR count). The Hall–Kier alpha value is -1.89. The molecule has 23 heavy (non-hydrogen) atoms. The van der Waals surface area contributed by atoms with Crippen LogP contribution in [0.1, 0.15) is 31.1 Å². The number of likely N-dealkylation sites (tertiary alicyclic amines) is 1. The van der Waals surface area contributed by atoms with Gasteiger partial charge in [0.15, 0.2) is 9.84 Å². The lowest BCUT2D eigenvalue weighted by atomic mass is 10.1. The van der Waals surface area contributed by atoms with Gasteiger partial charge in [-0.15, -0.1) is 0 Å². The molecule has 122 valence electrons. The Labute approximate surface area is 134 Å². The van der Waals surface area contributed by atoms with Gasteiger partial charge in [-0.1, -0.05) is 12.1 Å². The van der Waals surface area contributed by atoms with Gasteiger partial charge in [-0.05, 0) is 31.4 Å². The van der Waals surface area contributed by atoms with Crippen LogP contribution in [0.4, 0.5) is 0 Å². The van der Waals surface area contributed by atoms with Gasteiger partial charge in [0.1, 0.15) is 5.82 Å². The van der Waals surface area contributed by atoms with Crippen molar-refractivity contribution in [1.29, 1.82) is 0 Å². The molecule has 3 heterocycles. The summed E-state index contributed by atoms with van der Waals surface area (Å²) >= 11 is 0. The molecule has 0 spiro atoms. The third-order valence-electron chi connectivity index (χ3n) is 4.84. The molecule has 1 aromatic carbocycles. The highest BCUT2D eigenvalue weighted by atomic mass is 32.2. The third kappa shape index (κ3) is 2.63. The molecule has 0 bridgehead atoms. The second kappa shape index (κ2) is 5.33. The predicted octanol–water partition coefficient (Wildman–Crippen LogP) is 1.66. The Balaban J connectivity index is 1.60. The van der Waals surface area contributed by atoms with Crippen LogP contribution in [-0.2, 0) is 14.6 Å². The van der Waals surface area contributed by atoms with E-state index in [0.29, 0.717) is 13.0 Å². The summed E-state index contributed by atoms with van der Waals surface area (Å²) in [5, 5.41) is 0. The highest BCUT2D eigenvalue weighted by molar-refractivity contribution is 7.91. The summed E-state index contributed by atoms with van der Waals surface area (Å²) in [5.41, 5.74) is 1.86. The molecule has 6 nitrogen and oxygen atoms in total. The van der Waals surface area contributed by atoms with Crippen molar-refractivity contribution in [3.05, 3.63) is 30.1 Å². The van der Waals surface area contributed by atoms with E-state index in [4.69, 9.17) is 0 Å². The molecule has 1 N–H and O–H groups in total. The number of rotatable bonds is 2. The predicted molar refractivity (Wildman–Crippen MR) is 86.5 cm³/mol. The summed E-state index contributed by atoms with van der Waals surface area (Å²) < 4.78 is 23.3. The largest absolute Gasteiger partial charge is 0.340 e. The molecule has 2 aliphatic rings. The van der Waals surface area contributed by atoms with Gasteiger partial charge in [0.2, 0.25) is 5.91 Å². The fourth-order valence-electron chi connectivity index (χ4n) is 3.67. The van der Waals surface area contributed by atoms with Gasteiger partial charge in [-0.2, -0.15) is 0 Å². The van der Waals surface area contributed by atoms with E-state index < -0.39 is 9.84 Å². The van der Waals surface area contributed by atoms with Crippen LogP contribution in [0.2, 0.25) is 0 Å². The number of aromatic amines is 1. The number of para-hydroxylation sites is 2. The van der Waals surface area contributed by atoms with Crippen molar-refractivity contribution in [2.45, 2.75) is 25.3 Å². The fraction of sp³-hybridized carbons (Fsp3) is 0.500. The molecule has 7 heteroatoms. The van der Waals surface area contributed by atoms with Crippen molar-refractivity contribution >= 4 is 26.8 Å². The number of benzene rings is 1. The van der Waals surface area contributed by atoms with Crippen molar-refractivity contribution in [3.63, 3.8) is 0 Å². The molecule has 0 unspecified atom stereocenters. The first-order valence-corrected chi connectivity index (χ1v) is 9.81. The number of sulfone groups is 1. The molecular formula is C16H19N3O3S. The van der Waals surface area contributed by atoms with Crippen molar-refractivity contribution in [2.75, 3.05) is 18.1 Å². The number of imidazole rings is 1. The first-order valence-electron chi connectivity index (χ1n) is 7.99. The lowest BCUT2D eigenvalue weighted by Gasteiger charge is -2.25. The van der Waals surface area contributed by atoms with Crippen LogP contribution >= 0.6 is 0 Å². The zero-order chi connectivity index (χ0) is 16.0. The maximum Gasteiger partial charge on any atom is 0.227 e. The van der Waals surface area contributed by atoms with Crippen LogP contribution in [-0.4, -0.2) is 47.2 Å². The smallest absolute Gasteiger partial charge is 0.227 e. The van der Waals surface area contributed by atoms with E-state index in [1.54, 1.807) is 0 Å². The Kier molecular flexibility index (Phi) is 3.41. The Morgan fingerprint density at radius 3 is 2.83 bits per heavy atom. The molecule has 2 atom stereocenters. The van der Waals surface area contributed by atoms with E-state index in [-0.39, 0.29) is 29.4 Å². The van der Waals surface area contributed by atoms with E-state index in [1.807, 2.05) is 29.2 Å². The maximum absolute atomic E-state index is 12.8. The number of hydrogen-bond donors (Lipinski definition) is 1. The van der Waals surface area contributed by atoms with Gasteiger partial charge in [-0.25, -0.2) is 13.4 Å². The summed E-state index contributed by atoms with van der Waals surface area (Å²) in [6.45, 7) is 0.678. The Bertz CT molecular complexity index is 825. The first kappa shape index (κ1) is 14.7. The van der Waals surface area contributed by atoms with Gasteiger partial charge in [0.05, 0.1) is 34.5 Å². The average molecular weight is 333 g/mol. The van der Waals surface area contributed by atoms with Crippen LogP contribution in [0.25, 0.3) is 11.0 Å². The van der Waals surface area contributed by atoms with E-state index in [2.05, 4.69) is 9.97 Å². The van der Waals surface area contributed by atoms with E-state index >= 15 is 0 Å². The standard InChI is InChI=1S/C16H19N3O3S/c20-16(11-7-9-23(21,22)10-11)19-8-3-6-14(19)15-17-12-4-1-2-5-13(12)18-15/h1-2,4-5,11,14H,3,6-10H2,(H,17,18)/t11-,14-/m0/s1. The molecule has 2 fully saturated rings. The maximum atomic E-state index is 12.8. The van der Waals surface area contributed by atoms with Crippen LogP contribution < -0.4 is 0 Å². The fourth-order valence-corrected chi connectivity index (χ4v) is 5.40. The second-order valence-corrected chi connectivity index (χ2v) is 8.66. The van der Waals surface area contributed by atoms with Crippen LogP contribution in [0, 0.1) is 5.92 Å². The molecular weight excluding hydrogens is 314 g/mol. The number of aromatic nitrogens is 2. The number of H-pyrrole nitrogens is 1. The van der Waals surface area contributed by atoms with Crippen molar-refractivity contribution in [1.82, 2.24) is 14.9 Å². The molecule has 1 amide bonds. The van der Waals surface area contributed by atoms with Crippen molar-refractivity contribution in [2.24, 2.45) is 5.92 Å². The third-order valence-corrected chi connectivity index (χ3v) is 6.61. The number of nitrogens with one attached hydrogen (secondary N) is 1. The lowest BCUT2D eigenvalue weighted by Crippen LogP contribution is -2.36. The van der Waals surface area contributed by atoms with Gasteiger partial charge in [0, 0.05) is 6.54 Å². The number of carbonyl (C=O) groups excluding carboxylic acids is 1. The molecule has 0 radical (unpaired) electrons. The van der Waals surface area contributed by atoms with Gasteiger partial charge in [-0.3, -0.25) is 4.79 Å². The zero-order valence-corrected chi connectivity index (χ0v) is 13.6. The van der Waals surface area contributed by atoms with Gasteiger partial charge in [0.25, 0.3) is 0 Å². The molecule has 0 aliphatic carbocycles. The van der Waals surface area contributed by atoms with Gasteiger partial charge < -0.3 is 9.88 Å². The average Bonchev–Trinajstić information content (AvgIpc) is 3.22. The van der Waals surface area contributed by atoms with Crippen molar-refractivity contribution in [3.8, 4) is 0 Å². The van der Waals surface area contributed by atoms with E-state index in [0.717, 1.165) is 29.7 Å². The Morgan fingerprint density at radius 2 is 2.09 bits per heavy atom. The lowest BCUT2D eigenvalue weighted by molar-refractivity contribution is -0.135. The van der Waals surface area contributed by atoms with Crippen LogP contribution in [0.15, 0.2) is 24.3 Å². The highest BCUT2D eigenvalue weighted by Gasteiger charge is 2.40. The first-order chi connectivity index (χ1) is 11.0. The SMILES string of the molecule is O=C([C@H]1CCS(=O)(=O)C1)N1CCC[C@H]1c1nc2ccccc2[nH]1.